The first-order valence-corrected chi connectivity index (χ1v) is 6.03. The van der Waals surface area contributed by atoms with E-state index in [-0.39, 0.29) is 11.9 Å². The molecule has 1 aliphatic rings. The number of hydrogen-bond acceptors (Lipinski definition) is 4. The van der Waals surface area contributed by atoms with Crippen molar-refractivity contribution in [1.82, 2.24) is 9.97 Å². The minimum Gasteiger partial charge on any atom is -0.347 e. The Morgan fingerprint density at radius 1 is 1.32 bits per heavy atom. The lowest BCUT2D eigenvalue weighted by Gasteiger charge is -2.13. The van der Waals surface area contributed by atoms with Gasteiger partial charge in [0.15, 0.2) is 0 Å². The van der Waals surface area contributed by atoms with E-state index in [1.54, 1.807) is 12.1 Å². The summed E-state index contributed by atoms with van der Waals surface area (Å²) in [5.41, 5.74) is 2.56. The number of fused-ring (bicyclic) bond motifs is 1. The smallest absolute Gasteiger partial charge is 0.223 e. The molecule has 1 heterocycles. The van der Waals surface area contributed by atoms with Crippen LogP contribution in [-0.4, -0.2) is 9.97 Å². The van der Waals surface area contributed by atoms with Crippen molar-refractivity contribution >= 4 is 5.95 Å². The van der Waals surface area contributed by atoms with Gasteiger partial charge in [-0.05, 0) is 36.1 Å². The van der Waals surface area contributed by atoms with E-state index in [2.05, 4.69) is 15.3 Å². The molecule has 0 fully saturated rings. The van der Waals surface area contributed by atoms with Crippen LogP contribution in [0.25, 0.3) is 0 Å². The predicted octanol–water partition coefficient (Wildman–Crippen LogP) is 2.59. The van der Waals surface area contributed by atoms with Gasteiger partial charge in [0.05, 0.1) is 24.0 Å². The summed E-state index contributed by atoms with van der Waals surface area (Å²) >= 11 is 0. The van der Waals surface area contributed by atoms with Crippen LogP contribution in [0.1, 0.15) is 29.2 Å². The molecule has 0 aliphatic heterocycles. The van der Waals surface area contributed by atoms with Crippen LogP contribution < -0.4 is 5.32 Å². The summed E-state index contributed by atoms with van der Waals surface area (Å²) in [6.45, 7) is 0. The monoisotopic (exact) mass is 254 g/mol. The first-order chi connectivity index (χ1) is 9.26. The Kier molecular flexibility index (Phi) is 2.84. The number of nitrogens with zero attached hydrogens (tertiary/aromatic N) is 3. The zero-order chi connectivity index (χ0) is 13.2. The van der Waals surface area contributed by atoms with Crippen LogP contribution in [0.4, 0.5) is 10.3 Å². The molecule has 1 aliphatic carbocycles. The fourth-order valence-electron chi connectivity index (χ4n) is 2.35. The summed E-state index contributed by atoms with van der Waals surface area (Å²) in [4.78, 5) is 8.17. The van der Waals surface area contributed by atoms with Crippen molar-refractivity contribution in [2.75, 3.05) is 5.32 Å². The third-order valence-corrected chi connectivity index (χ3v) is 3.27. The lowest BCUT2D eigenvalue weighted by atomic mass is 10.1. The standard InChI is InChI=1S/C14H11FN4/c15-11-2-3-12-10(5-11)1-4-13(12)19-14-17-7-9(6-16)8-18-14/h2-3,5,7-8,13H,1,4H2,(H,17,18,19). The maximum absolute atomic E-state index is 13.1. The van der Waals surface area contributed by atoms with Crippen LogP contribution in [-0.2, 0) is 6.42 Å². The highest BCUT2D eigenvalue weighted by Gasteiger charge is 2.23. The number of anilines is 1. The zero-order valence-electron chi connectivity index (χ0n) is 10.1. The maximum Gasteiger partial charge on any atom is 0.223 e. The van der Waals surface area contributed by atoms with E-state index in [9.17, 15) is 4.39 Å². The average molecular weight is 254 g/mol. The van der Waals surface area contributed by atoms with Gasteiger partial charge in [-0.3, -0.25) is 0 Å². The van der Waals surface area contributed by atoms with Gasteiger partial charge in [0, 0.05) is 0 Å². The van der Waals surface area contributed by atoms with Gasteiger partial charge in [-0.1, -0.05) is 6.07 Å². The van der Waals surface area contributed by atoms with Gasteiger partial charge in [0.25, 0.3) is 0 Å². The molecule has 5 heteroatoms. The van der Waals surface area contributed by atoms with Gasteiger partial charge >= 0.3 is 0 Å². The van der Waals surface area contributed by atoms with Crippen LogP contribution in [0.3, 0.4) is 0 Å². The molecule has 0 amide bonds. The highest BCUT2D eigenvalue weighted by molar-refractivity contribution is 5.41. The zero-order valence-corrected chi connectivity index (χ0v) is 10.1. The lowest BCUT2D eigenvalue weighted by Crippen LogP contribution is -2.09. The molecule has 0 saturated carbocycles. The summed E-state index contributed by atoms with van der Waals surface area (Å²) in [5.74, 6) is 0.287. The van der Waals surface area contributed by atoms with Crippen LogP contribution in [0, 0.1) is 17.1 Å². The summed E-state index contributed by atoms with van der Waals surface area (Å²) in [6, 6.07) is 6.93. The minimum atomic E-state index is -0.200. The van der Waals surface area contributed by atoms with Crippen molar-refractivity contribution in [3.8, 4) is 6.07 Å². The van der Waals surface area contributed by atoms with Gasteiger partial charge in [-0.15, -0.1) is 0 Å². The summed E-state index contributed by atoms with van der Waals surface area (Å²) < 4.78 is 13.1. The third-order valence-electron chi connectivity index (χ3n) is 3.27. The normalized spacial score (nSPS) is 16.7. The molecular weight excluding hydrogens is 243 g/mol. The van der Waals surface area contributed by atoms with E-state index in [1.165, 1.54) is 18.5 Å². The van der Waals surface area contributed by atoms with E-state index in [1.807, 2.05) is 6.07 Å². The Morgan fingerprint density at radius 2 is 2.11 bits per heavy atom. The third kappa shape index (κ3) is 2.25. The van der Waals surface area contributed by atoms with E-state index < -0.39 is 0 Å². The minimum absolute atomic E-state index is 0.100. The van der Waals surface area contributed by atoms with Crippen LogP contribution in [0.15, 0.2) is 30.6 Å². The molecule has 0 spiro atoms. The Balaban J connectivity index is 1.80. The fraction of sp³-hybridized carbons (Fsp3) is 0.214. The van der Waals surface area contributed by atoms with Gasteiger partial charge in [0.1, 0.15) is 11.9 Å². The van der Waals surface area contributed by atoms with Gasteiger partial charge in [0.2, 0.25) is 5.95 Å². The summed E-state index contributed by atoms with van der Waals surface area (Å²) in [6.07, 6.45) is 4.70. The molecule has 94 valence electrons. The van der Waals surface area contributed by atoms with Crippen molar-refractivity contribution in [3.63, 3.8) is 0 Å². The molecule has 19 heavy (non-hydrogen) atoms. The Hall–Kier alpha value is -2.48. The van der Waals surface area contributed by atoms with Crippen molar-refractivity contribution in [3.05, 3.63) is 53.1 Å². The molecule has 0 saturated heterocycles. The van der Waals surface area contributed by atoms with Gasteiger partial charge in [-0.2, -0.15) is 5.26 Å². The topological polar surface area (TPSA) is 61.6 Å². The summed E-state index contributed by atoms with van der Waals surface area (Å²) in [5, 5.41) is 11.9. The molecule has 3 rings (SSSR count). The first kappa shape index (κ1) is 11.6. The molecule has 1 N–H and O–H groups in total. The molecule has 2 aromatic rings. The molecule has 4 nitrogen and oxygen atoms in total. The van der Waals surface area contributed by atoms with Crippen molar-refractivity contribution in [1.29, 1.82) is 5.26 Å². The number of nitriles is 1. The lowest BCUT2D eigenvalue weighted by molar-refractivity contribution is 0.626. The van der Waals surface area contributed by atoms with E-state index in [4.69, 9.17) is 5.26 Å². The SMILES string of the molecule is N#Cc1cnc(NC2CCc3cc(F)ccc32)nc1. The molecular formula is C14H11FN4. The average Bonchev–Trinajstić information content (AvgIpc) is 2.82. The number of nitrogens with one attached hydrogen (secondary N) is 1. The number of hydrogen-bond donors (Lipinski definition) is 1. The van der Waals surface area contributed by atoms with E-state index >= 15 is 0 Å². The molecule has 1 atom stereocenters. The van der Waals surface area contributed by atoms with Crippen LogP contribution in [0.2, 0.25) is 0 Å². The Bertz CT molecular complexity index is 645. The van der Waals surface area contributed by atoms with Crippen molar-refractivity contribution in [2.24, 2.45) is 0 Å². The Morgan fingerprint density at radius 3 is 2.84 bits per heavy atom. The Labute approximate surface area is 109 Å². The number of aromatic nitrogens is 2. The molecule has 0 radical (unpaired) electrons. The van der Waals surface area contributed by atoms with Crippen molar-refractivity contribution < 1.29 is 4.39 Å². The molecule has 1 aromatic heterocycles. The number of benzene rings is 1. The largest absolute Gasteiger partial charge is 0.347 e. The predicted molar refractivity (Wildman–Crippen MR) is 67.8 cm³/mol. The van der Waals surface area contributed by atoms with Gasteiger partial charge in [-0.25, -0.2) is 14.4 Å². The maximum atomic E-state index is 13.1. The highest BCUT2D eigenvalue weighted by atomic mass is 19.1. The number of halogens is 1. The second-order valence-corrected chi connectivity index (χ2v) is 4.49. The van der Waals surface area contributed by atoms with E-state index in [0.717, 1.165) is 24.0 Å². The fourth-order valence-corrected chi connectivity index (χ4v) is 2.35. The summed E-state index contributed by atoms with van der Waals surface area (Å²) in [7, 11) is 0. The quantitative estimate of drug-likeness (QED) is 0.894. The van der Waals surface area contributed by atoms with Gasteiger partial charge < -0.3 is 5.32 Å². The number of aryl methyl sites for hydroxylation is 1. The molecule has 0 bridgehead atoms. The second kappa shape index (κ2) is 4.65. The van der Waals surface area contributed by atoms with E-state index in [0.29, 0.717) is 11.5 Å². The highest BCUT2D eigenvalue weighted by Crippen LogP contribution is 2.33. The van der Waals surface area contributed by atoms with Crippen LogP contribution >= 0.6 is 0 Å². The molecule has 1 unspecified atom stereocenters. The second-order valence-electron chi connectivity index (χ2n) is 4.49. The molecule has 1 aromatic carbocycles. The van der Waals surface area contributed by atoms with Crippen LogP contribution in [0.5, 0.6) is 0 Å². The first-order valence-electron chi connectivity index (χ1n) is 6.03. The number of rotatable bonds is 2. The van der Waals surface area contributed by atoms with Crippen molar-refractivity contribution in [2.45, 2.75) is 18.9 Å².